The fraction of sp³-hybridized carbons (Fsp3) is 0.233. The van der Waals surface area contributed by atoms with Crippen molar-refractivity contribution in [3.63, 3.8) is 0 Å². The maximum absolute atomic E-state index is 13.1. The molecule has 3 aromatic rings. The number of nitrogens with zero attached hydrogens (tertiary/aromatic N) is 1. The van der Waals surface area contributed by atoms with Crippen LogP contribution >= 0.6 is 0 Å². The number of hydrogen-bond acceptors (Lipinski definition) is 4. The Hall–Kier alpha value is -4.19. The van der Waals surface area contributed by atoms with Crippen LogP contribution in [0, 0.1) is 12.8 Å². The van der Waals surface area contributed by atoms with Crippen LogP contribution in [0.25, 0.3) is 6.08 Å². The highest BCUT2D eigenvalue weighted by molar-refractivity contribution is 5.96. The van der Waals surface area contributed by atoms with Crippen molar-refractivity contribution in [2.24, 2.45) is 5.92 Å². The number of benzene rings is 3. The Morgan fingerprint density at radius 3 is 2.14 bits per heavy atom. The number of nitrogens with one attached hydrogen (secondary N) is 1. The summed E-state index contributed by atoms with van der Waals surface area (Å²) in [6.07, 6.45) is 3.28. The van der Waals surface area contributed by atoms with Gasteiger partial charge < -0.3 is 15.0 Å². The van der Waals surface area contributed by atoms with E-state index >= 15 is 0 Å². The van der Waals surface area contributed by atoms with Gasteiger partial charge in [0.05, 0.1) is 5.92 Å². The van der Waals surface area contributed by atoms with Gasteiger partial charge >= 0.3 is 5.97 Å². The van der Waals surface area contributed by atoms with Crippen LogP contribution in [0.5, 0.6) is 0 Å². The molecule has 1 fully saturated rings. The molecular formula is C30H30N2O4. The van der Waals surface area contributed by atoms with Crippen LogP contribution in [-0.4, -0.2) is 35.8 Å². The minimum absolute atomic E-state index is 0.0784. The minimum atomic E-state index is -1.06. The van der Waals surface area contributed by atoms with Crippen molar-refractivity contribution in [3.8, 4) is 0 Å². The zero-order valence-electron chi connectivity index (χ0n) is 20.3. The SMILES string of the molecule is Cc1ccc(NC(=O)C(OC(=O)C2CCN(C(=O)/C=C/c3ccccc3)CC2)c2ccccc2)cc1. The van der Waals surface area contributed by atoms with Gasteiger partial charge in [-0.15, -0.1) is 0 Å². The van der Waals surface area contributed by atoms with Crippen molar-refractivity contribution in [2.45, 2.75) is 25.9 Å². The number of amides is 2. The van der Waals surface area contributed by atoms with E-state index in [4.69, 9.17) is 4.74 Å². The Morgan fingerprint density at radius 1 is 0.889 bits per heavy atom. The predicted octanol–water partition coefficient (Wildman–Crippen LogP) is 5.17. The van der Waals surface area contributed by atoms with Crippen LogP contribution in [-0.2, 0) is 19.1 Å². The number of likely N-dealkylation sites (tertiary alicyclic amines) is 1. The average Bonchev–Trinajstić information content (AvgIpc) is 2.92. The van der Waals surface area contributed by atoms with E-state index in [1.54, 1.807) is 29.2 Å². The molecule has 2 amide bonds. The van der Waals surface area contributed by atoms with E-state index in [-0.39, 0.29) is 11.8 Å². The number of hydrogen-bond donors (Lipinski definition) is 1. The first-order chi connectivity index (χ1) is 17.5. The second-order valence-corrected chi connectivity index (χ2v) is 8.93. The Morgan fingerprint density at radius 2 is 1.50 bits per heavy atom. The van der Waals surface area contributed by atoms with Crippen LogP contribution in [0.2, 0.25) is 0 Å². The lowest BCUT2D eigenvalue weighted by molar-refractivity contribution is -0.160. The van der Waals surface area contributed by atoms with Gasteiger partial charge in [0.15, 0.2) is 0 Å². The second kappa shape index (κ2) is 12.0. The van der Waals surface area contributed by atoms with E-state index in [0.717, 1.165) is 11.1 Å². The molecule has 6 heteroatoms. The van der Waals surface area contributed by atoms with Crippen molar-refractivity contribution in [3.05, 3.63) is 108 Å². The summed E-state index contributed by atoms with van der Waals surface area (Å²) in [6.45, 7) is 2.89. The summed E-state index contributed by atoms with van der Waals surface area (Å²) in [7, 11) is 0. The molecule has 0 aromatic heterocycles. The third kappa shape index (κ3) is 6.69. The number of ether oxygens (including phenoxy) is 1. The Bertz CT molecular complexity index is 1200. The Labute approximate surface area is 211 Å². The molecule has 1 N–H and O–H groups in total. The monoisotopic (exact) mass is 482 g/mol. The Balaban J connectivity index is 1.36. The van der Waals surface area contributed by atoms with E-state index in [1.165, 1.54) is 0 Å². The lowest BCUT2D eigenvalue weighted by Crippen LogP contribution is -2.40. The lowest BCUT2D eigenvalue weighted by atomic mass is 9.96. The highest BCUT2D eigenvalue weighted by Crippen LogP contribution is 2.25. The molecule has 1 aliphatic heterocycles. The van der Waals surface area contributed by atoms with E-state index in [0.29, 0.717) is 37.2 Å². The molecule has 184 valence electrons. The summed E-state index contributed by atoms with van der Waals surface area (Å²) in [5.74, 6) is -1.28. The number of esters is 1. The molecule has 0 aliphatic carbocycles. The summed E-state index contributed by atoms with van der Waals surface area (Å²) in [6, 6.07) is 26.1. The van der Waals surface area contributed by atoms with Crippen LogP contribution in [0.15, 0.2) is 91.0 Å². The van der Waals surface area contributed by atoms with Crippen molar-refractivity contribution in [2.75, 3.05) is 18.4 Å². The van der Waals surface area contributed by atoms with Gasteiger partial charge in [-0.25, -0.2) is 0 Å². The summed E-state index contributed by atoms with van der Waals surface area (Å²) >= 11 is 0. The molecule has 0 bridgehead atoms. The number of piperidine rings is 1. The molecule has 1 atom stereocenters. The van der Waals surface area contributed by atoms with E-state index in [9.17, 15) is 14.4 Å². The number of anilines is 1. The fourth-order valence-electron chi connectivity index (χ4n) is 4.13. The van der Waals surface area contributed by atoms with E-state index in [2.05, 4.69) is 5.32 Å². The van der Waals surface area contributed by atoms with Crippen molar-refractivity contribution >= 4 is 29.5 Å². The highest BCUT2D eigenvalue weighted by atomic mass is 16.5. The number of rotatable bonds is 7. The minimum Gasteiger partial charge on any atom is -0.447 e. The number of aryl methyl sites for hydroxylation is 1. The third-order valence-electron chi connectivity index (χ3n) is 6.25. The molecule has 6 nitrogen and oxygen atoms in total. The molecule has 36 heavy (non-hydrogen) atoms. The first kappa shape index (κ1) is 24.9. The molecule has 1 unspecified atom stereocenters. The van der Waals surface area contributed by atoms with Crippen LogP contribution in [0.1, 0.15) is 35.6 Å². The second-order valence-electron chi connectivity index (χ2n) is 8.93. The van der Waals surface area contributed by atoms with Crippen LogP contribution in [0.3, 0.4) is 0 Å². The quantitative estimate of drug-likeness (QED) is 0.372. The van der Waals surface area contributed by atoms with Gasteiger partial charge in [-0.2, -0.15) is 0 Å². The molecule has 3 aromatic carbocycles. The first-order valence-corrected chi connectivity index (χ1v) is 12.1. The maximum atomic E-state index is 13.1. The molecule has 1 aliphatic rings. The number of carbonyl (C=O) groups excluding carboxylic acids is 3. The summed E-state index contributed by atoms with van der Waals surface area (Å²) in [5.41, 5.74) is 3.28. The van der Waals surface area contributed by atoms with E-state index < -0.39 is 18.0 Å². The van der Waals surface area contributed by atoms with E-state index in [1.807, 2.05) is 79.7 Å². The molecular weight excluding hydrogens is 452 g/mol. The van der Waals surface area contributed by atoms with Crippen molar-refractivity contribution in [1.29, 1.82) is 0 Å². The van der Waals surface area contributed by atoms with Gasteiger partial charge in [-0.3, -0.25) is 14.4 Å². The zero-order chi connectivity index (χ0) is 25.3. The maximum Gasteiger partial charge on any atom is 0.310 e. The largest absolute Gasteiger partial charge is 0.447 e. The molecule has 1 saturated heterocycles. The average molecular weight is 483 g/mol. The highest BCUT2D eigenvalue weighted by Gasteiger charge is 2.32. The Kier molecular flexibility index (Phi) is 8.29. The first-order valence-electron chi connectivity index (χ1n) is 12.1. The van der Waals surface area contributed by atoms with Gasteiger partial charge in [0.25, 0.3) is 5.91 Å². The topological polar surface area (TPSA) is 75.7 Å². The van der Waals surface area contributed by atoms with Gasteiger partial charge in [0.1, 0.15) is 0 Å². The fourth-order valence-corrected chi connectivity index (χ4v) is 4.13. The van der Waals surface area contributed by atoms with Gasteiger partial charge in [-0.05, 0) is 43.5 Å². The lowest BCUT2D eigenvalue weighted by Gasteiger charge is -2.31. The predicted molar refractivity (Wildman–Crippen MR) is 140 cm³/mol. The number of carbonyl (C=O) groups is 3. The van der Waals surface area contributed by atoms with Crippen LogP contribution in [0.4, 0.5) is 5.69 Å². The van der Waals surface area contributed by atoms with Gasteiger partial charge in [-0.1, -0.05) is 78.4 Å². The molecule has 0 spiro atoms. The van der Waals surface area contributed by atoms with Crippen molar-refractivity contribution in [1.82, 2.24) is 4.90 Å². The third-order valence-corrected chi connectivity index (χ3v) is 6.25. The summed E-state index contributed by atoms with van der Waals surface area (Å²) in [4.78, 5) is 40.5. The normalized spacial score (nSPS) is 14.9. The molecule has 0 saturated carbocycles. The van der Waals surface area contributed by atoms with Crippen molar-refractivity contribution < 1.29 is 19.1 Å². The summed E-state index contributed by atoms with van der Waals surface area (Å²) < 4.78 is 5.77. The van der Waals surface area contributed by atoms with Gasteiger partial charge in [0, 0.05) is 30.4 Å². The standard InChI is InChI=1S/C30H30N2O4/c1-22-12-15-26(16-13-22)31-29(34)28(24-10-6-3-7-11-24)36-30(35)25-18-20-32(21-19-25)27(33)17-14-23-8-4-2-5-9-23/h2-17,25,28H,18-21H2,1H3,(H,31,34)/b17-14+. The zero-order valence-corrected chi connectivity index (χ0v) is 20.3. The smallest absolute Gasteiger partial charge is 0.310 e. The molecule has 1 heterocycles. The van der Waals surface area contributed by atoms with Crippen LogP contribution < -0.4 is 5.32 Å². The van der Waals surface area contributed by atoms with Gasteiger partial charge in [0.2, 0.25) is 12.0 Å². The summed E-state index contributed by atoms with van der Waals surface area (Å²) in [5, 5.41) is 2.85. The molecule has 0 radical (unpaired) electrons. The molecule has 4 rings (SSSR count).